The van der Waals surface area contributed by atoms with Gasteiger partial charge in [-0.1, -0.05) is 0 Å². The van der Waals surface area contributed by atoms with Crippen molar-refractivity contribution in [1.29, 1.82) is 0 Å². The average molecular weight is 398 g/mol. The lowest BCUT2D eigenvalue weighted by atomic mass is 9.99. The number of furan rings is 1. The van der Waals surface area contributed by atoms with Crippen molar-refractivity contribution in [3.63, 3.8) is 0 Å². The molecular weight excluding hydrogens is 372 g/mol. The van der Waals surface area contributed by atoms with Crippen LogP contribution in [-0.4, -0.2) is 62.4 Å². The van der Waals surface area contributed by atoms with Crippen molar-refractivity contribution in [2.24, 2.45) is 7.05 Å². The molecule has 0 radical (unpaired) electrons. The lowest BCUT2D eigenvalue weighted by molar-refractivity contribution is -0.138. The summed E-state index contributed by atoms with van der Waals surface area (Å²) in [5.74, 6) is -0.0364. The number of hydrogen-bond donors (Lipinski definition) is 0. The molecule has 4 heterocycles. The van der Waals surface area contributed by atoms with Crippen LogP contribution in [0.5, 0.6) is 0 Å². The zero-order valence-electron chi connectivity index (χ0n) is 16.6. The number of likely N-dealkylation sites (tertiary alicyclic amines) is 2. The molecule has 8 nitrogen and oxygen atoms in total. The highest BCUT2D eigenvalue weighted by Gasteiger charge is 2.40. The van der Waals surface area contributed by atoms with E-state index >= 15 is 0 Å². The Kier molecular flexibility index (Phi) is 5.51. The van der Waals surface area contributed by atoms with Crippen LogP contribution in [0.15, 0.2) is 35.2 Å². The van der Waals surface area contributed by atoms with E-state index in [4.69, 9.17) is 4.42 Å². The van der Waals surface area contributed by atoms with Gasteiger partial charge in [-0.15, -0.1) is 0 Å². The number of aryl methyl sites for hydroxylation is 1. The van der Waals surface area contributed by atoms with Gasteiger partial charge in [0.1, 0.15) is 6.04 Å². The summed E-state index contributed by atoms with van der Waals surface area (Å²) in [5.41, 5.74) is 0.569. The molecule has 2 atom stereocenters. The van der Waals surface area contributed by atoms with E-state index in [2.05, 4.69) is 5.10 Å². The molecule has 29 heavy (non-hydrogen) atoms. The molecule has 0 saturated carbocycles. The van der Waals surface area contributed by atoms with Gasteiger partial charge in [0.15, 0.2) is 11.5 Å². The number of carbonyl (C=O) groups excluding carboxylic acids is 3. The van der Waals surface area contributed by atoms with Crippen molar-refractivity contribution in [2.45, 2.75) is 50.6 Å². The van der Waals surface area contributed by atoms with E-state index in [-0.39, 0.29) is 35.8 Å². The highest BCUT2D eigenvalue weighted by Crippen LogP contribution is 2.27. The molecular formula is C21H26N4O4. The second-order valence-electron chi connectivity index (χ2n) is 7.85. The lowest BCUT2D eigenvalue weighted by Crippen LogP contribution is -2.54. The van der Waals surface area contributed by atoms with Gasteiger partial charge < -0.3 is 14.2 Å². The zero-order valence-corrected chi connectivity index (χ0v) is 16.6. The quantitative estimate of drug-likeness (QED) is 0.721. The molecule has 0 spiro atoms. The second kappa shape index (κ2) is 8.23. The summed E-state index contributed by atoms with van der Waals surface area (Å²) in [4.78, 5) is 42.3. The smallest absolute Gasteiger partial charge is 0.290 e. The molecule has 2 aromatic rings. The predicted octanol–water partition coefficient (Wildman–Crippen LogP) is 2.27. The van der Waals surface area contributed by atoms with Gasteiger partial charge >= 0.3 is 0 Å². The fraction of sp³-hybridized carbons (Fsp3) is 0.524. The van der Waals surface area contributed by atoms with Crippen LogP contribution in [0.25, 0.3) is 0 Å². The number of hydrogen-bond acceptors (Lipinski definition) is 5. The van der Waals surface area contributed by atoms with Gasteiger partial charge in [0.2, 0.25) is 5.91 Å². The largest absolute Gasteiger partial charge is 0.459 e. The van der Waals surface area contributed by atoms with E-state index in [1.807, 2.05) is 4.90 Å². The normalized spacial score (nSPS) is 22.1. The van der Waals surface area contributed by atoms with E-state index in [1.54, 1.807) is 41.2 Å². The Morgan fingerprint density at radius 3 is 2.69 bits per heavy atom. The van der Waals surface area contributed by atoms with Gasteiger partial charge in [0.05, 0.1) is 18.0 Å². The second-order valence-corrected chi connectivity index (χ2v) is 7.85. The Hall–Kier alpha value is -2.90. The maximum atomic E-state index is 13.4. The van der Waals surface area contributed by atoms with E-state index in [0.717, 1.165) is 25.7 Å². The van der Waals surface area contributed by atoms with E-state index < -0.39 is 6.04 Å². The fourth-order valence-electron chi connectivity index (χ4n) is 4.40. The predicted molar refractivity (Wildman–Crippen MR) is 104 cm³/mol. The standard InChI is InChI=1S/C21H26N4O4/c1-23-14-15(13-22-23)18(26)12-16-6-4-10-24(16)20(27)17-7-2-3-9-25(17)21(28)19-8-5-11-29-19/h5,8,11,13-14,16-17H,2-4,6-7,9-10,12H2,1H3/t16-,17+/m1/s1. The summed E-state index contributed by atoms with van der Waals surface area (Å²) >= 11 is 0. The van der Waals surface area contributed by atoms with Crippen molar-refractivity contribution in [3.05, 3.63) is 42.1 Å². The number of aromatic nitrogens is 2. The molecule has 2 fully saturated rings. The molecule has 2 amide bonds. The van der Waals surface area contributed by atoms with Crippen LogP contribution in [0.1, 0.15) is 59.4 Å². The molecule has 2 aromatic heterocycles. The van der Waals surface area contributed by atoms with Crippen LogP contribution < -0.4 is 0 Å². The molecule has 0 bridgehead atoms. The molecule has 0 aliphatic carbocycles. The number of nitrogens with zero attached hydrogens (tertiary/aromatic N) is 4. The number of carbonyl (C=O) groups is 3. The monoisotopic (exact) mass is 398 g/mol. The van der Waals surface area contributed by atoms with Gasteiger partial charge in [-0.25, -0.2) is 0 Å². The van der Waals surface area contributed by atoms with Gasteiger partial charge in [-0.3, -0.25) is 19.1 Å². The third-order valence-corrected chi connectivity index (χ3v) is 5.89. The first-order chi connectivity index (χ1) is 14.0. The molecule has 0 N–H and O–H groups in total. The SMILES string of the molecule is Cn1cc(C(=O)C[C@H]2CCCN2C(=O)[C@@H]2CCCCN2C(=O)c2ccco2)cn1. The number of Topliss-reactive ketones (excluding diaryl/α,β-unsaturated/α-hetero) is 1. The van der Waals surface area contributed by atoms with E-state index in [9.17, 15) is 14.4 Å². The summed E-state index contributed by atoms with van der Waals surface area (Å²) in [5, 5.41) is 4.06. The van der Waals surface area contributed by atoms with Crippen LogP contribution >= 0.6 is 0 Å². The van der Waals surface area contributed by atoms with Crippen LogP contribution in [0, 0.1) is 0 Å². The van der Waals surface area contributed by atoms with E-state index in [1.165, 1.54) is 6.26 Å². The maximum Gasteiger partial charge on any atom is 0.290 e. The molecule has 0 unspecified atom stereocenters. The minimum Gasteiger partial charge on any atom is -0.459 e. The zero-order chi connectivity index (χ0) is 20.4. The van der Waals surface area contributed by atoms with Gasteiger partial charge in [0.25, 0.3) is 5.91 Å². The minimum atomic E-state index is -0.490. The van der Waals surface area contributed by atoms with Gasteiger partial charge in [0, 0.05) is 38.8 Å². The summed E-state index contributed by atoms with van der Waals surface area (Å²) in [7, 11) is 1.77. The van der Waals surface area contributed by atoms with Crippen LogP contribution in [0.4, 0.5) is 0 Å². The Labute approximate surface area is 169 Å². The summed E-state index contributed by atoms with van der Waals surface area (Å²) in [6, 6.07) is 2.69. The molecule has 8 heteroatoms. The molecule has 2 aliphatic heterocycles. The number of rotatable bonds is 5. The first kappa shape index (κ1) is 19.4. The van der Waals surface area contributed by atoms with Crippen LogP contribution in [0.3, 0.4) is 0 Å². The molecule has 4 rings (SSSR count). The summed E-state index contributed by atoms with van der Waals surface area (Å²) in [6.45, 7) is 1.17. The Morgan fingerprint density at radius 1 is 1.14 bits per heavy atom. The minimum absolute atomic E-state index is 0.00466. The van der Waals surface area contributed by atoms with Gasteiger partial charge in [-0.05, 0) is 44.2 Å². The van der Waals surface area contributed by atoms with Crippen molar-refractivity contribution < 1.29 is 18.8 Å². The molecule has 0 aromatic carbocycles. The maximum absolute atomic E-state index is 13.4. The van der Waals surface area contributed by atoms with E-state index in [0.29, 0.717) is 25.1 Å². The summed E-state index contributed by atoms with van der Waals surface area (Å²) in [6.07, 6.45) is 9.12. The highest BCUT2D eigenvalue weighted by molar-refractivity contribution is 5.97. The fourth-order valence-corrected chi connectivity index (χ4v) is 4.40. The third-order valence-electron chi connectivity index (χ3n) is 5.89. The molecule has 2 aliphatic rings. The van der Waals surface area contributed by atoms with Crippen molar-refractivity contribution in [1.82, 2.24) is 19.6 Å². The number of amides is 2. The number of ketones is 1. The molecule has 2 saturated heterocycles. The van der Waals surface area contributed by atoms with Crippen LogP contribution in [-0.2, 0) is 11.8 Å². The van der Waals surface area contributed by atoms with Crippen molar-refractivity contribution >= 4 is 17.6 Å². The number of piperidine rings is 1. The third kappa shape index (κ3) is 3.97. The Balaban J connectivity index is 1.47. The first-order valence-corrected chi connectivity index (χ1v) is 10.2. The molecule has 154 valence electrons. The highest BCUT2D eigenvalue weighted by atomic mass is 16.3. The summed E-state index contributed by atoms with van der Waals surface area (Å²) < 4.78 is 6.86. The van der Waals surface area contributed by atoms with Gasteiger partial charge in [-0.2, -0.15) is 5.10 Å². The Morgan fingerprint density at radius 2 is 1.97 bits per heavy atom. The first-order valence-electron chi connectivity index (χ1n) is 10.2. The van der Waals surface area contributed by atoms with Crippen molar-refractivity contribution in [2.75, 3.05) is 13.1 Å². The average Bonchev–Trinajstić information content (AvgIpc) is 3.49. The van der Waals surface area contributed by atoms with Crippen LogP contribution in [0.2, 0.25) is 0 Å². The lowest BCUT2D eigenvalue weighted by Gasteiger charge is -2.37. The topological polar surface area (TPSA) is 88.7 Å². The van der Waals surface area contributed by atoms with Crippen molar-refractivity contribution in [3.8, 4) is 0 Å². The Bertz CT molecular complexity index is 888.